The molecule has 34 heavy (non-hydrogen) atoms. The lowest BCUT2D eigenvalue weighted by Crippen LogP contribution is -2.37. The van der Waals surface area contributed by atoms with Crippen LogP contribution in [0.3, 0.4) is 0 Å². The summed E-state index contributed by atoms with van der Waals surface area (Å²) in [5.74, 6) is 2.65. The number of hydrogen-bond donors (Lipinski definition) is 1. The maximum atomic E-state index is 10.7. The van der Waals surface area contributed by atoms with Gasteiger partial charge in [0, 0.05) is 31.7 Å². The second kappa shape index (κ2) is 13.0. The molecule has 5 heteroatoms. The van der Waals surface area contributed by atoms with Crippen LogP contribution in [0.4, 0.5) is 0 Å². The van der Waals surface area contributed by atoms with Gasteiger partial charge in [0.2, 0.25) is 0 Å². The highest BCUT2D eigenvalue weighted by Crippen LogP contribution is 2.37. The predicted octanol–water partition coefficient (Wildman–Crippen LogP) is 5.98. The van der Waals surface area contributed by atoms with Crippen molar-refractivity contribution >= 4 is 0 Å². The zero-order valence-electron chi connectivity index (χ0n) is 22.9. The normalized spacial score (nSPS) is 11.6. The van der Waals surface area contributed by atoms with E-state index in [9.17, 15) is 5.11 Å². The van der Waals surface area contributed by atoms with E-state index in [0.29, 0.717) is 24.8 Å². The number of aromatic hydroxyl groups is 1. The molecule has 2 aromatic rings. The van der Waals surface area contributed by atoms with Crippen molar-refractivity contribution < 1.29 is 14.6 Å². The first-order chi connectivity index (χ1) is 16.1. The Labute approximate surface area is 207 Å². The fourth-order valence-electron chi connectivity index (χ4n) is 4.48. The Bertz CT molecular complexity index is 936. The lowest BCUT2D eigenvalue weighted by atomic mass is 9.97. The molecule has 5 nitrogen and oxygen atoms in total. The highest BCUT2D eigenvalue weighted by molar-refractivity contribution is 5.57. The van der Waals surface area contributed by atoms with Crippen molar-refractivity contribution in [1.29, 1.82) is 0 Å². The molecule has 0 atom stereocenters. The Kier molecular flexibility index (Phi) is 10.7. The Balaban J connectivity index is 2.26. The Hall–Kier alpha value is -2.24. The molecule has 0 aliphatic rings. The number of phenols is 1. The smallest absolute Gasteiger partial charge is 0.127 e. The maximum Gasteiger partial charge on any atom is 0.127 e. The summed E-state index contributed by atoms with van der Waals surface area (Å²) >= 11 is 0. The van der Waals surface area contributed by atoms with Crippen LogP contribution in [0.2, 0.25) is 0 Å². The van der Waals surface area contributed by atoms with E-state index in [4.69, 9.17) is 9.47 Å². The number of ether oxygens (including phenoxy) is 2. The molecule has 0 spiro atoms. The summed E-state index contributed by atoms with van der Waals surface area (Å²) in [6.45, 7) is 23.0. The van der Waals surface area contributed by atoms with E-state index in [1.54, 1.807) is 7.11 Å². The van der Waals surface area contributed by atoms with Crippen molar-refractivity contribution in [2.75, 3.05) is 46.4 Å². The van der Waals surface area contributed by atoms with Gasteiger partial charge in [0.15, 0.2) is 0 Å². The van der Waals surface area contributed by atoms with Crippen LogP contribution in [-0.2, 0) is 6.54 Å². The molecule has 0 amide bonds. The molecular formula is C29H46N2O3. The van der Waals surface area contributed by atoms with Crippen LogP contribution < -0.4 is 9.47 Å². The molecule has 2 rings (SSSR count). The minimum atomic E-state index is 0.370. The summed E-state index contributed by atoms with van der Waals surface area (Å²) < 4.78 is 12.1. The van der Waals surface area contributed by atoms with Crippen LogP contribution in [0.1, 0.15) is 67.0 Å². The average molecular weight is 471 g/mol. The third-order valence-electron chi connectivity index (χ3n) is 7.01. The predicted molar refractivity (Wildman–Crippen MR) is 143 cm³/mol. The molecule has 0 bridgehead atoms. The summed E-state index contributed by atoms with van der Waals surface area (Å²) in [4.78, 5) is 4.86. The zero-order valence-corrected chi connectivity index (χ0v) is 22.9. The minimum Gasteiger partial charge on any atom is -0.507 e. The fraction of sp³-hybridized carbons (Fsp3) is 0.586. The number of phenolic OH excluding ortho intramolecular Hbond substituents is 1. The summed E-state index contributed by atoms with van der Waals surface area (Å²) in [5, 5.41) is 10.7. The molecule has 0 aromatic heterocycles. The molecule has 0 fully saturated rings. The second-order valence-corrected chi connectivity index (χ2v) is 9.58. The lowest BCUT2D eigenvalue weighted by molar-refractivity contribution is 0.173. The van der Waals surface area contributed by atoms with Gasteiger partial charge >= 0.3 is 0 Å². The second-order valence-electron chi connectivity index (χ2n) is 9.58. The van der Waals surface area contributed by atoms with Crippen molar-refractivity contribution in [3.8, 4) is 17.2 Å². The first kappa shape index (κ1) is 28.0. The average Bonchev–Trinajstić information content (AvgIpc) is 2.81. The third-order valence-corrected chi connectivity index (χ3v) is 7.01. The number of hydrogen-bond acceptors (Lipinski definition) is 5. The van der Waals surface area contributed by atoms with E-state index >= 15 is 0 Å². The van der Waals surface area contributed by atoms with Gasteiger partial charge in [-0.2, -0.15) is 0 Å². The molecule has 0 heterocycles. The first-order valence-electron chi connectivity index (χ1n) is 12.7. The Morgan fingerprint density at radius 3 is 2.12 bits per heavy atom. The molecule has 0 saturated carbocycles. The number of methoxy groups -OCH3 is 1. The molecular weight excluding hydrogens is 424 g/mol. The van der Waals surface area contributed by atoms with Gasteiger partial charge in [0.25, 0.3) is 0 Å². The monoisotopic (exact) mass is 470 g/mol. The number of likely N-dealkylation sites (N-methyl/N-ethyl adjacent to an activating group) is 1. The Morgan fingerprint density at radius 1 is 0.882 bits per heavy atom. The van der Waals surface area contributed by atoms with Gasteiger partial charge in [-0.25, -0.2) is 0 Å². The van der Waals surface area contributed by atoms with Crippen molar-refractivity contribution in [2.45, 2.75) is 67.9 Å². The summed E-state index contributed by atoms with van der Waals surface area (Å²) in [5.41, 5.74) is 6.30. The van der Waals surface area contributed by atoms with E-state index in [0.717, 1.165) is 66.5 Å². The topological polar surface area (TPSA) is 45.2 Å². The SMILES string of the molecule is CCN(CC)CCN(CCOc1cc(C)ccc1C(C)C)Cc1c(C)c(O)c(C)c(C)c1OC. The molecule has 190 valence electrons. The van der Waals surface area contributed by atoms with Gasteiger partial charge < -0.3 is 19.5 Å². The fourth-order valence-corrected chi connectivity index (χ4v) is 4.48. The van der Waals surface area contributed by atoms with Crippen LogP contribution in [0, 0.1) is 27.7 Å². The van der Waals surface area contributed by atoms with Crippen LogP contribution in [0.25, 0.3) is 0 Å². The van der Waals surface area contributed by atoms with E-state index < -0.39 is 0 Å². The van der Waals surface area contributed by atoms with Gasteiger partial charge in [-0.05, 0) is 80.6 Å². The van der Waals surface area contributed by atoms with Crippen LogP contribution in [0.5, 0.6) is 17.2 Å². The Morgan fingerprint density at radius 2 is 1.53 bits per heavy atom. The summed E-state index contributed by atoms with van der Waals surface area (Å²) in [6, 6.07) is 6.48. The number of nitrogens with zero attached hydrogens (tertiary/aromatic N) is 2. The van der Waals surface area contributed by atoms with E-state index in [1.165, 1.54) is 11.1 Å². The molecule has 1 N–H and O–H groups in total. The lowest BCUT2D eigenvalue weighted by Gasteiger charge is -2.28. The highest BCUT2D eigenvalue weighted by Gasteiger charge is 2.20. The zero-order chi connectivity index (χ0) is 25.4. The van der Waals surface area contributed by atoms with Crippen molar-refractivity contribution in [3.05, 3.63) is 51.6 Å². The number of aryl methyl sites for hydroxylation is 1. The van der Waals surface area contributed by atoms with Gasteiger partial charge in [-0.1, -0.05) is 39.8 Å². The van der Waals surface area contributed by atoms with E-state index in [2.05, 4.69) is 62.6 Å². The van der Waals surface area contributed by atoms with E-state index in [1.807, 2.05) is 20.8 Å². The summed E-state index contributed by atoms with van der Waals surface area (Å²) in [7, 11) is 1.72. The highest BCUT2D eigenvalue weighted by atomic mass is 16.5. The molecule has 0 aliphatic heterocycles. The largest absolute Gasteiger partial charge is 0.507 e. The van der Waals surface area contributed by atoms with Gasteiger partial charge in [-0.15, -0.1) is 0 Å². The number of rotatable bonds is 13. The standard InChI is InChI=1S/C29H46N2O3/c1-10-30(11-2)14-15-31(16-17-34-27-18-21(5)12-13-25(27)20(3)4)19-26-24(8)28(32)22(6)23(7)29(26)33-9/h12-13,18,20,32H,10-11,14-17,19H2,1-9H3. The van der Waals surface area contributed by atoms with Gasteiger partial charge in [-0.3, -0.25) is 4.90 Å². The molecule has 0 aliphatic carbocycles. The minimum absolute atomic E-state index is 0.370. The van der Waals surface area contributed by atoms with E-state index in [-0.39, 0.29) is 0 Å². The molecule has 2 aromatic carbocycles. The van der Waals surface area contributed by atoms with Crippen LogP contribution in [0.15, 0.2) is 18.2 Å². The molecule has 0 radical (unpaired) electrons. The van der Waals surface area contributed by atoms with Gasteiger partial charge in [0.1, 0.15) is 23.9 Å². The molecule has 0 saturated heterocycles. The molecule has 0 unspecified atom stereocenters. The van der Waals surface area contributed by atoms with Crippen LogP contribution >= 0.6 is 0 Å². The van der Waals surface area contributed by atoms with Gasteiger partial charge in [0.05, 0.1) is 7.11 Å². The first-order valence-corrected chi connectivity index (χ1v) is 12.7. The number of benzene rings is 2. The van der Waals surface area contributed by atoms with Crippen molar-refractivity contribution in [3.63, 3.8) is 0 Å². The van der Waals surface area contributed by atoms with Crippen molar-refractivity contribution in [1.82, 2.24) is 9.80 Å². The van der Waals surface area contributed by atoms with Crippen LogP contribution in [-0.4, -0.2) is 61.3 Å². The third kappa shape index (κ3) is 6.89. The summed E-state index contributed by atoms with van der Waals surface area (Å²) in [6.07, 6.45) is 0. The quantitative estimate of drug-likeness (QED) is 0.390. The van der Waals surface area contributed by atoms with Crippen molar-refractivity contribution in [2.24, 2.45) is 0 Å². The maximum absolute atomic E-state index is 10.7.